The molecule has 0 amide bonds. The highest BCUT2D eigenvalue weighted by Gasteiger charge is 2.08. The first kappa shape index (κ1) is 11.7. The van der Waals surface area contributed by atoms with Crippen molar-refractivity contribution in [2.24, 2.45) is 0 Å². The average molecular weight is 202 g/mol. The van der Waals surface area contributed by atoms with Gasteiger partial charge in [0.05, 0.1) is 0 Å². The maximum Gasteiger partial charge on any atom is 0.101 e. The summed E-state index contributed by atoms with van der Waals surface area (Å²) >= 11 is 0. The number of hydrogen-bond donors (Lipinski definition) is 0. The van der Waals surface area contributed by atoms with Crippen LogP contribution in [0.2, 0.25) is 0 Å². The van der Waals surface area contributed by atoms with E-state index in [0.29, 0.717) is 6.61 Å². The molecule has 1 nitrogen and oxygen atoms in total. The highest BCUT2D eigenvalue weighted by atomic mass is 16.5. The zero-order chi connectivity index (χ0) is 11.1. The van der Waals surface area contributed by atoms with Crippen LogP contribution in [-0.4, -0.2) is 6.61 Å². The van der Waals surface area contributed by atoms with Crippen LogP contribution in [-0.2, 0) is 4.74 Å². The molecule has 0 bridgehead atoms. The molecular weight excluding hydrogens is 184 g/mol. The molecule has 1 heteroatoms. The van der Waals surface area contributed by atoms with Crippen molar-refractivity contribution >= 4 is 0 Å². The molecule has 15 heavy (non-hydrogen) atoms. The summed E-state index contributed by atoms with van der Waals surface area (Å²) in [5.41, 5.74) is 2.47. The van der Waals surface area contributed by atoms with E-state index in [2.05, 4.69) is 25.6 Å². The van der Waals surface area contributed by atoms with Crippen LogP contribution in [0.5, 0.6) is 0 Å². The second kappa shape index (κ2) is 6.20. The highest BCUT2D eigenvalue weighted by Crippen LogP contribution is 2.22. The van der Waals surface area contributed by atoms with Gasteiger partial charge in [-0.25, -0.2) is 0 Å². The second-order valence-corrected chi connectivity index (χ2v) is 3.35. The third-order valence-corrected chi connectivity index (χ3v) is 2.26. The lowest BCUT2D eigenvalue weighted by Gasteiger charge is -2.15. The quantitative estimate of drug-likeness (QED) is 0.660. The summed E-state index contributed by atoms with van der Waals surface area (Å²) in [6.45, 7) is 8.48. The first-order valence-corrected chi connectivity index (χ1v) is 5.26. The molecule has 1 atom stereocenters. The summed E-state index contributed by atoms with van der Waals surface area (Å²) in [5.74, 6) is 0. The van der Waals surface area contributed by atoms with Gasteiger partial charge in [-0.05, 0) is 25.0 Å². The van der Waals surface area contributed by atoms with Crippen molar-refractivity contribution in [3.63, 3.8) is 0 Å². The minimum Gasteiger partial charge on any atom is -0.370 e. The molecule has 0 radical (unpaired) electrons. The van der Waals surface area contributed by atoms with E-state index in [-0.39, 0.29) is 6.10 Å². The van der Waals surface area contributed by atoms with Crippen LogP contribution in [0.25, 0.3) is 0 Å². The van der Waals surface area contributed by atoms with Crippen molar-refractivity contribution in [2.45, 2.75) is 20.0 Å². The Hall–Kier alpha value is -1.34. The van der Waals surface area contributed by atoms with E-state index in [4.69, 9.17) is 4.74 Å². The highest BCUT2D eigenvalue weighted by molar-refractivity contribution is 5.30. The minimum absolute atomic E-state index is 0.0363. The topological polar surface area (TPSA) is 9.23 Å². The van der Waals surface area contributed by atoms with Crippen molar-refractivity contribution < 1.29 is 4.74 Å². The summed E-state index contributed by atoms with van der Waals surface area (Å²) in [4.78, 5) is 0. The lowest BCUT2D eigenvalue weighted by Crippen LogP contribution is -2.02. The number of allylic oxidation sites excluding steroid dienone is 2. The van der Waals surface area contributed by atoms with E-state index in [9.17, 15) is 0 Å². The Balaban J connectivity index is 2.93. The van der Waals surface area contributed by atoms with Gasteiger partial charge in [-0.15, -0.1) is 0 Å². The maximum atomic E-state index is 5.68. The van der Waals surface area contributed by atoms with E-state index in [1.807, 2.05) is 31.2 Å². The molecule has 80 valence electrons. The van der Waals surface area contributed by atoms with Gasteiger partial charge < -0.3 is 4.74 Å². The van der Waals surface area contributed by atoms with Crippen molar-refractivity contribution in [3.8, 4) is 0 Å². The fraction of sp³-hybridized carbons (Fsp3) is 0.286. The van der Waals surface area contributed by atoms with Gasteiger partial charge in [0.15, 0.2) is 0 Å². The molecule has 0 aromatic heterocycles. The summed E-state index contributed by atoms with van der Waals surface area (Å²) in [5, 5.41) is 0. The molecule has 0 heterocycles. The average Bonchev–Trinajstić information content (AvgIpc) is 2.25. The van der Waals surface area contributed by atoms with Gasteiger partial charge in [0, 0.05) is 6.61 Å². The third kappa shape index (κ3) is 3.37. The summed E-state index contributed by atoms with van der Waals surface area (Å²) in [6.07, 6.45) is 5.75. The number of rotatable bonds is 5. The number of hydrogen-bond acceptors (Lipinski definition) is 1. The number of benzene rings is 1. The molecule has 0 aliphatic carbocycles. The van der Waals surface area contributed by atoms with Crippen LogP contribution in [0.1, 0.15) is 24.2 Å². The van der Waals surface area contributed by atoms with Crippen molar-refractivity contribution in [3.05, 3.63) is 60.2 Å². The largest absolute Gasteiger partial charge is 0.370 e. The summed E-state index contributed by atoms with van der Waals surface area (Å²) in [7, 11) is 0. The SMILES string of the molecule is C=C/C=C/C(OCC)c1ccccc1C. The van der Waals surface area contributed by atoms with E-state index in [0.717, 1.165) is 0 Å². The predicted molar refractivity (Wildman–Crippen MR) is 64.9 cm³/mol. The molecule has 0 saturated heterocycles. The second-order valence-electron chi connectivity index (χ2n) is 3.35. The van der Waals surface area contributed by atoms with Gasteiger partial charge >= 0.3 is 0 Å². The Morgan fingerprint density at radius 3 is 2.73 bits per heavy atom. The first-order chi connectivity index (χ1) is 7.29. The van der Waals surface area contributed by atoms with Crippen molar-refractivity contribution in [2.75, 3.05) is 6.61 Å². The molecule has 1 unspecified atom stereocenters. The van der Waals surface area contributed by atoms with Crippen LogP contribution in [0, 0.1) is 6.92 Å². The van der Waals surface area contributed by atoms with Crippen LogP contribution in [0.4, 0.5) is 0 Å². The Bertz CT molecular complexity index is 339. The van der Waals surface area contributed by atoms with Gasteiger partial charge in [-0.1, -0.05) is 49.1 Å². The third-order valence-electron chi connectivity index (χ3n) is 2.26. The lowest BCUT2D eigenvalue weighted by molar-refractivity contribution is 0.0964. The number of aryl methyl sites for hydroxylation is 1. The van der Waals surface area contributed by atoms with E-state index in [1.54, 1.807) is 6.08 Å². The van der Waals surface area contributed by atoms with Crippen LogP contribution in [0.15, 0.2) is 49.1 Å². The first-order valence-electron chi connectivity index (χ1n) is 5.26. The van der Waals surface area contributed by atoms with Gasteiger partial charge in [0.25, 0.3) is 0 Å². The molecule has 0 fully saturated rings. The zero-order valence-electron chi connectivity index (χ0n) is 9.44. The fourth-order valence-electron chi connectivity index (χ4n) is 1.51. The molecule has 0 N–H and O–H groups in total. The summed E-state index contributed by atoms with van der Waals surface area (Å²) < 4.78 is 5.68. The van der Waals surface area contributed by atoms with E-state index in [1.165, 1.54) is 11.1 Å². The molecule has 1 aromatic rings. The molecule has 1 rings (SSSR count). The molecule has 1 aromatic carbocycles. The maximum absolute atomic E-state index is 5.68. The number of ether oxygens (including phenoxy) is 1. The molecule has 0 saturated carbocycles. The molecule has 0 spiro atoms. The molecular formula is C14H18O. The van der Waals surface area contributed by atoms with Crippen LogP contribution < -0.4 is 0 Å². The summed E-state index contributed by atoms with van der Waals surface area (Å²) in [6, 6.07) is 8.28. The van der Waals surface area contributed by atoms with Gasteiger partial charge in [0.1, 0.15) is 6.10 Å². The standard InChI is InChI=1S/C14H18O/c1-4-6-11-14(15-5-2)13-10-8-7-9-12(13)3/h4,6-11,14H,1,5H2,2-3H3/b11-6+. The van der Waals surface area contributed by atoms with Gasteiger partial charge in [-0.2, -0.15) is 0 Å². The van der Waals surface area contributed by atoms with Gasteiger partial charge in [-0.3, -0.25) is 0 Å². The Labute approximate surface area is 92.1 Å². The molecule has 0 aliphatic heterocycles. The normalized spacial score (nSPS) is 12.9. The van der Waals surface area contributed by atoms with Gasteiger partial charge in [0.2, 0.25) is 0 Å². The Kier molecular flexibility index (Phi) is 4.85. The monoisotopic (exact) mass is 202 g/mol. The molecule has 0 aliphatic rings. The minimum atomic E-state index is 0.0363. The van der Waals surface area contributed by atoms with E-state index >= 15 is 0 Å². The van der Waals surface area contributed by atoms with Crippen LogP contribution >= 0.6 is 0 Å². The van der Waals surface area contributed by atoms with Crippen molar-refractivity contribution in [1.29, 1.82) is 0 Å². The Morgan fingerprint density at radius 2 is 2.13 bits per heavy atom. The zero-order valence-corrected chi connectivity index (χ0v) is 9.44. The fourth-order valence-corrected chi connectivity index (χ4v) is 1.51. The van der Waals surface area contributed by atoms with E-state index < -0.39 is 0 Å². The Morgan fingerprint density at radius 1 is 1.40 bits per heavy atom. The van der Waals surface area contributed by atoms with Crippen LogP contribution in [0.3, 0.4) is 0 Å². The predicted octanol–water partition coefficient (Wildman–Crippen LogP) is 3.81. The lowest BCUT2D eigenvalue weighted by atomic mass is 10.0. The van der Waals surface area contributed by atoms with Crippen molar-refractivity contribution in [1.82, 2.24) is 0 Å². The smallest absolute Gasteiger partial charge is 0.101 e.